The second kappa shape index (κ2) is 5.07. The Hall–Kier alpha value is -1.43. The van der Waals surface area contributed by atoms with Crippen LogP contribution in [0.4, 0.5) is 0 Å². The van der Waals surface area contributed by atoms with Crippen LogP contribution in [0.3, 0.4) is 0 Å². The number of hydrogen-bond donors (Lipinski definition) is 2. The molecule has 2 rings (SSSR count). The Morgan fingerprint density at radius 1 is 1.38 bits per heavy atom. The second-order valence-electron chi connectivity index (χ2n) is 3.69. The first-order chi connectivity index (χ1) is 7.77. The number of amides is 2. The van der Waals surface area contributed by atoms with Gasteiger partial charge in [0.25, 0.3) is 5.91 Å². The molecule has 0 spiro atoms. The first-order valence-corrected chi connectivity index (χ1v) is 6.16. The van der Waals surface area contributed by atoms with E-state index >= 15 is 0 Å². The summed E-state index contributed by atoms with van der Waals surface area (Å²) in [4.78, 5) is 26.5. The molecule has 1 saturated carbocycles. The van der Waals surface area contributed by atoms with Crippen LogP contribution in [0.5, 0.6) is 0 Å². The van der Waals surface area contributed by atoms with E-state index in [1.165, 1.54) is 11.3 Å². The van der Waals surface area contributed by atoms with Crippen LogP contribution in [0.1, 0.15) is 23.3 Å². The minimum Gasteiger partial charge on any atom is -0.354 e. The van der Waals surface area contributed by atoms with Gasteiger partial charge >= 0.3 is 0 Å². The third-order valence-electron chi connectivity index (χ3n) is 2.32. The maximum Gasteiger partial charge on any atom is 0.270 e. The average Bonchev–Trinajstić information content (AvgIpc) is 2.99. The summed E-state index contributed by atoms with van der Waals surface area (Å²) in [6, 6.07) is 0. The lowest BCUT2D eigenvalue weighted by Gasteiger charge is -2.04. The van der Waals surface area contributed by atoms with Gasteiger partial charge in [-0.25, -0.2) is 4.98 Å². The first kappa shape index (κ1) is 11.1. The largest absolute Gasteiger partial charge is 0.354 e. The number of carbonyl (C=O) groups excluding carboxylic acids is 2. The number of carbonyl (C=O) groups is 2. The van der Waals surface area contributed by atoms with Crippen LogP contribution in [0.25, 0.3) is 0 Å². The molecule has 86 valence electrons. The van der Waals surface area contributed by atoms with Crippen LogP contribution >= 0.6 is 11.3 Å². The van der Waals surface area contributed by atoms with E-state index in [4.69, 9.17) is 0 Å². The van der Waals surface area contributed by atoms with Crippen molar-refractivity contribution < 1.29 is 9.59 Å². The van der Waals surface area contributed by atoms with Gasteiger partial charge in [-0.05, 0) is 12.8 Å². The van der Waals surface area contributed by atoms with E-state index in [1.54, 1.807) is 10.9 Å². The molecule has 0 atom stereocenters. The minimum atomic E-state index is -0.193. The normalized spacial score (nSPS) is 14.5. The zero-order valence-corrected chi connectivity index (χ0v) is 9.55. The van der Waals surface area contributed by atoms with Crippen molar-refractivity contribution in [2.24, 2.45) is 5.92 Å². The quantitative estimate of drug-likeness (QED) is 0.731. The zero-order chi connectivity index (χ0) is 11.4. The van der Waals surface area contributed by atoms with Gasteiger partial charge in [0.2, 0.25) is 5.91 Å². The highest BCUT2D eigenvalue weighted by Crippen LogP contribution is 2.28. The third kappa shape index (κ3) is 3.03. The maximum absolute atomic E-state index is 11.4. The van der Waals surface area contributed by atoms with E-state index in [1.807, 2.05) is 0 Å². The summed E-state index contributed by atoms with van der Waals surface area (Å²) >= 11 is 1.38. The molecule has 1 aromatic rings. The summed E-state index contributed by atoms with van der Waals surface area (Å²) in [5, 5.41) is 7.16. The summed E-state index contributed by atoms with van der Waals surface area (Å²) in [5.41, 5.74) is 2.04. The van der Waals surface area contributed by atoms with Crippen LogP contribution in [0.15, 0.2) is 10.9 Å². The Bertz CT molecular complexity index is 373. The lowest BCUT2D eigenvalue weighted by atomic mass is 10.4. The highest BCUT2D eigenvalue weighted by Gasteiger charge is 2.28. The topological polar surface area (TPSA) is 71.1 Å². The molecule has 0 aliphatic heterocycles. The predicted octanol–water partition coefficient (Wildman–Crippen LogP) is 0.399. The van der Waals surface area contributed by atoms with Crippen molar-refractivity contribution in [3.05, 3.63) is 16.6 Å². The molecule has 1 aromatic heterocycles. The minimum absolute atomic E-state index is 0.0999. The summed E-state index contributed by atoms with van der Waals surface area (Å²) < 4.78 is 0. The van der Waals surface area contributed by atoms with Gasteiger partial charge in [0.1, 0.15) is 5.69 Å². The number of hydrogen-bond acceptors (Lipinski definition) is 4. The van der Waals surface area contributed by atoms with Crippen LogP contribution < -0.4 is 10.6 Å². The van der Waals surface area contributed by atoms with Crippen LogP contribution in [0.2, 0.25) is 0 Å². The fourth-order valence-electron chi connectivity index (χ4n) is 1.27. The Morgan fingerprint density at radius 2 is 2.12 bits per heavy atom. The van der Waals surface area contributed by atoms with Gasteiger partial charge in [0, 0.05) is 24.4 Å². The van der Waals surface area contributed by atoms with E-state index in [2.05, 4.69) is 15.6 Å². The first-order valence-electron chi connectivity index (χ1n) is 5.21. The molecule has 0 saturated heterocycles. The molecule has 1 heterocycles. The van der Waals surface area contributed by atoms with Crippen molar-refractivity contribution in [1.82, 2.24) is 15.6 Å². The molecule has 1 aliphatic carbocycles. The molecule has 0 aromatic carbocycles. The fourth-order valence-corrected chi connectivity index (χ4v) is 1.80. The standard InChI is InChI=1S/C10H13N3O2S/c14-9(7-1-2-7)11-3-4-12-10(15)8-5-16-6-13-8/h5-7H,1-4H2,(H,11,14)(H,12,15). The molecule has 5 nitrogen and oxygen atoms in total. The average molecular weight is 239 g/mol. The van der Waals surface area contributed by atoms with Crippen LogP contribution in [-0.2, 0) is 4.79 Å². The lowest BCUT2D eigenvalue weighted by molar-refractivity contribution is -0.122. The smallest absolute Gasteiger partial charge is 0.270 e. The second-order valence-corrected chi connectivity index (χ2v) is 4.41. The van der Waals surface area contributed by atoms with Gasteiger partial charge in [-0.1, -0.05) is 0 Å². The van der Waals surface area contributed by atoms with Gasteiger partial charge in [0.15, 0.2) is 0 Å². The Labute approximate surface area is 97.3 Å². The lowest BCUT2D eigenvalue weighted by Crippen LogP contribution is -2.35. The van der Waals surface area contributed by atoms with Gasteiger partial charge in [-0.2, -0.15) is 0 Å². The van der Waals surface area contributed by atoms with Gasteiger partial charge in [-0.3, -0.25) is 9.59 Å². The SMILES string of the molecule is O=C(NCCNC(=O)C1CC1)c1cscn1. The van der Waals surface area contributed by atoms with E-state index in [-0.39, 0.29) is 17.7 Å². The summed E-state index contributed by atoms with van der Waals surface area (Å²) in [6.07, 6.45) is 1.99. The van der Waals surface area contributed by atoms with Gasteiger partial charge in [-0.15, -0.1) is 11.3 Å². The number of aromatic nitrogens is 1. The Kier molecular flexibility index (Phi) is 3.51. The van der Waals surface area contributed by atoms with E-state index in [0.29, 0.717) is 18.8 Å². The van der Waals surface area contributed by atoms with Crippen LogP contribution in [0, 0.1) is 5.92 Å². The number of thiazole rings is 1. The van der Waals surface area contributed by atoms with E-state index in [9.17, 15) is 9.59 Å². The van der Waals surface area contributed by atoms with Gasteiger partial charge in [0.05, 0.1) is 5.51 Å². The molecule has 1 fully saturated rings. The highest BCUT2D eigenvalue weighted by atomic mass is 32.1. The molecule has 16 heavy (non-hydrogen) atoms. The molecule has 1 aliphatic rings. The molecule has 2 amide bonds. The third-order valence-corrected chi connectivity index (χ3v) is 2.91. The molecular weight excluding hydrogens is 226 g/mol. The monoisotopic (exact) mass is 239 g/mol. The van der Waals surface area contributed by atoms with Crippen molar-refractivity contribution in [2.75, 3.05) is 13.1 Å². The molecule has 0 unspecified atom stereocenters. The van der Waals surface area contributed by atoms with Crippen molar-refractivity contribution in [1.29, 1.82) is 0 Å². The Balaban J connectivity index is 1.60. The molecule has 0 radical (unpaired) electrons. The van der Waals surface area contributed by atoms with Crippen molar-refractivity contribution >= 4 is 23.2 Å². The van der Waals surface area contributed by atoms with Gasteiger partial charge < -0.3 is 10.6 Å². The summed E-state index contributed by atoms with van der Waals surface area (Å²) in [5.74, 6) is 0.124. The fraction of sp³-hybridized carbons (Fsp3) is 0.500. The summed E-state index contributed by atoms with van der Waals surface area (Å²) in [7, 11) is 0. The van der Waals surface area contributed by atoms with Crippen molar-refractivity contribution in [3.8, 4) is 0 Å². The van der Waals surface area contributed by atoms with Crippen LogP contribution in [-0.4, -0.2) is 29.9 Å². The van der Waals surface area contributed by atoms with E-state index < -0.39 is 0 Å². The maximum atomic E-state index is 11.4. The number of rotatable bonds is 5. The van der Waals surface area contributed by atoms with Crippen molar-refractivity contribution in [3.63, 3.8) is 0 Å². The predicted molar refractivity (Wildman–Crippen MR) is 60.2 cm³/mol. The number of nitrogens with one attached hydrogen (secondary N) is 2. The van der Waals surface area contributed by atoms with E-state index in [0.717, 1.165) is 12.8 Å². The van der Waals surface area contributed by atoms with Crippen molar-refractivity contribution in [2.45, 2.75) is 12.8 Å². The molecule has 6 heteroatoms. The molecule has 0 bridgehead atoms. The highest BCUT2D eigenvalue weighted by molar-refractivity contribution is 7.07. The molecule has 2 N–H and O–H groups in total. The summed E-state index contributed by atoms with van der Waals surface area (Å²) in [6.45, 7) is 0.917. The number of nitrogens with zero attached hydrogens (tertiary/aromatic N) is 1. The Morgan fingerprint density at radius 3 is 2.75 bits per heavy atom. The zero-order valence-electron chi connectivity index (χ0n) is 8.73. The molecular formula is C10H13N3O2S.